The zero-order valence-corrected chi connectivity index (χ0v) is 12.0. The minimum absolute atomic E-state index is 0.0720. The number of hydrogen-bond acceptors (Lipinski definition) is 3. The number of aryl methyl sites for hydroxylation is 1. The quantitative estimate of drug-likeness (QED) is 0.536. The normalized spacial score (nSPS) is 11.2. The van der Waals surface area contributed by atoms with E-state index in [1.54, 1.807) is 12.1 Å². The van der Waals surface area contributed by atoms with Crippen molar-refractivity contribution in [3.05, 3.63) is 51.9 Å². The second kappa shape index (κ2) is 5.00. The van der Waals surface area contributed by atoms with Crippen LogP contribution in [-0.4, -0.2) is 19.5 Å². The van der Waals surface area contributed by atoms with Crippen molar-refractivity contribution in [2.24, 2.45) is 0 Å². The molecule has 0 amide bonds. The summed E-state index contributed by atoms with van der Waals surface area (Å²) < 4.78 is 14.8. The second-order valence-corrected chi connectivity index (χ2v) is 5.02. The standard InChI is InChI=1S/C13H9Cl2FN4/c1-7-17-10-11(14)18-13(15)19-12(10)20(7)6-8-2-4-9(16)5-3-8/h2-5H,6H2,1H3. The number of rotatable bonds is 2. The summed E-state index contributed by atoms with van der Waals surface area (Å²) in [6.45, 7) is 2.35. The SMILES string of the molecule is Cc1nc2c(Cl)nc(Cl)nc2n1Cc1ccc(F)cc1. The molecule has 0 unspecified atom stereocenters. The Kier molecular flexibility index (Phi) is 3.31. The van der Waals surface area contributed by atoms with Crippen LogP contribution < -0.4 is 0 Å². The highest BCUT2D eigenvalue weighted by atomic mass is 35.5. The third-order valence-corrected chi connectivity index (χ3v) is 3.40. The largest absolute Gasteiger partial charge is 0.308 e. The van der Waals surface area contributed by atoms with E-state index in [9.17, 15) is 4.39 Å². The molecule has 0 N–H and O–H groups in total. The first-order valence-electron chi connectivity index (χ1n) is 5.85. The van der Waals surface area contributed by atoms with Crippen LogP contribution in [0.15, 0.2) is 24.3 Å². The molecule has 0 atom stereocenters. The monoisotopic (exact) mass is 310 g/mol. The van der Waals surface area contributed by atoms with E-state index in [1.165, 1.54) is 12.1 Å². The summed E-state index contributed by atoms with van der Waals surface area (Å²) in [7, 11) is 0. The lowest BCUT2D eigenvalue weighted by Crippen LogP contribution is -2.03. The predicted molar refractivity (Wildman–Crippen MR) is 75.6 cm³/mol. The van der Waals surface area contributed by atoms with Gasteiger partial charge >= 0.3 is 0 Å². The summed E-state index contributed by atoms with van der Waals surface area (Å²) in [5.41, 5.74) is 2.01. The molecule has 1 aromatic carbocycles. The molecule has 0 saturated heterocycles. The topological polar surface area (TPSA) is 43.6 Å². The van der Waals surface area contributed by atoms with Crippen LogP contribution in [0.25, 0.3) is 11.2 Å². The molecule has 7 heteroatoms. The van der Waals surface area contributed by atoms with E-state index in [4.69, 9.17) is 23.2 Å². The molecular weight excluding hydrogens is 302 g/mol. The Morgan fingerprint density at radius 3 is 2.50 bits per heavy atom. The molecule has 102 valence electrons. The molecule has 0 aliphatic rings. The molecule has 3 aromatic rings. The molecule has 0 bridgehead atoms. The minimum Gasteiger partial charge on any atom is -0.308 e. The summed E-state index contributed by atoms with van der Waals surface area (Å²) in [6.07, 6.45) is 0. The van der Waals surface area contributed by atoms with Gasteiger partial charge in [-0.15, -0.1) is 0 Å². The van der Waals surface area contributed by atoms with Gasteiger partial charge in [0.2, 0.25) is 5.28 Å². The number of fused-ring (bicyclic) bond motifs is 1. The van der Waals surface area contributed by atoms with Crippen molar-refractivity contribution in [3.63, 3.8) is 0 Å². The van der Waals surface area contributed by atoms with Gasteiger partial charge in [0.05, 0.1) is 6.54 Å². The van der Waals surface area contributed by atoms with Gasteiger partial charge in [0, 0.05) is 0 Å². The zero-order valence-electron chi connectivity index (χ0n) is 10.4. The number of halogens is 3. The first-order valence-corrected chi connectivity index (χ1v) is 6.60. The fourth-order valence-corrected chi connectivity index (χ4v) is 2.43. The van der Waals surface area contributed by atoms with E-state index in [0.717, 1.165) is 11.4 Å². The van der Waals surface area contributed by atoms with Crippen molar-refractivity contribution in [2.75, 3.05) is 0 Å². The first-order chi connectivity index (χ1) is 9.54. The van der Waals surface area contributed by atoms with Crippen molar-refractivity contribution in [1.82, 2.24) is 19.5 Å². The van der Waals surface area contributed by atoms with Crippen molar-refractivity contribution < 1.29 is 4.39 Å². The summed E-state index contributed by atoms with van der Waals surface area (Å²) in [5, 5.41) is 0.295. The molecule has 0 spiro atoms. The Balaban J connectivity index is 2.11. The third kappa shape index (κ3) is 2.34. The van der Waals surface area contributed by atoms with Gasteiger partial charge < -0.3 is 4.57 Å². The van der Waals surface area contributed by atoms with E-state index in [-0.39, 0.29) is 16.3 Å². The maximum Gasteiger partial charge on any atom is 0.225 e. The lowest BCUT2D eigenvalue weighted by Gasteiger charge is -2.06. The maximum absolute atomic E-state index is 12.9. The van der Waals surface area contributed by atoms with Gasteiger partial charge in [0.15, 0.2) is 10.8 Å². The zero-order chi connectivity index (χ0) is 14.3. The minimum atomic E-state index is -0.269. The molecule has 0 saturated carbocycles. The molecule has 2 heterocycles. The van der Waals surface area contributed by atoms with Gasteiger partial charge in [-0.05, 0) is 36.2 Å². The summed E-state index contributed by atoms with van der Waals surface area (Å²) in [6, 6.07) is 6.26. The van der Waals surface area contributed by atoms with Crippen LogP contribution in [-0.2, 0) is 6.54 Å². The lowest BCUT2D eigenvalue weighted by atomic mass is 10.2. The Hall–Kier alpha value is -1.72. The van der Waals surface area contributed by atoms with Crippen LogP contribution in [0.3, 0.4) is 0 Å². The number of aromatic nitrogens is 4. The summed E-state index contributed by atoms with van der Waals surface area (Å²) in [5.74, 6) is 0.470. The predicted octanol–water partition coefficient (Wildman–Crippen LogP) is 3.63. The Labute approximate surface area is 124 Å². The third-order valence-electron chi connectivity index (χ3n) is 2.97. The molecular formula is C13H9Cl2FN4. The highest BCUT2D eigenvalue weighted by Crippen LogP contribution is 2.23. The second-order valence-electron chi connectivity index (χ2n) is 4.33. The van der Waals surface area contributed by atoms with Gasteiger partial charge in [0.25, 0.3) is 0 Å². The molecule has 4 nitrogen and oxygen atoms in total. The van der Waals surface area contributed by atoms with Crippen molar-refractivity contribution in [1.29, 1.82) is 0 Å². The van der Waals surface area contributed by atoms with Crippen LogP contribution in [0, 0.1) is 12.7 Å². The maximum atomic E-state index is 12.9. The highest BCUT2D eigenvalue weighted by Gasteiger charge is 2.14. The molecule has 3 rings (SSSR count). The molecule has 0 aliphatic carbocycles. The number of benzene rings is 1. The average Bonchev–Trinajstić information content (AvgIpc) is 2.70. The van der Waals surface area contributed by atoms with Crippen LogP contribution in [0.1, 0.15) is 11.4 Å². The van der Waals surface area contributed by atoms with Gasteiger partial charge in [0.1, 0.15) is 17.2 Å². The number of imidazole rings is 1. The molecule has 0 radical (unpaired) electrons. The van der Waals surface area contributed by atoms with Crippen molar-refractivity contribution in [3.8, 4) is 0 Å². The first kappa shape index (κ1) is 13.3. The van der Waals surface area contributed by atoms with Crippen molar-refractivity contribution in [2.45, 2.75) is 13.5 Å². The highest BCUT2D eigenvalue weighted by molar-refractivity contribution is 6.35. The van der Waals surface area contributed by atoms with Gasteiger partial charge in [-0.1, -0.05) is 23.7 Å². The number of hydrogen-bond donors (Lipinski definition) is 0. The number of nitrogens with zero attached hydrogens (tertiary/aromatic N) is 4. The fourth-order valence-electron chi connectivity index (χ4n) is 2.01. The van der Waals surface area contributed by atoms with Crippen LogP contribution >= 0.6 is 23.2 Å². The van der Waals surface area contributed by atoms with Gasteiger partial charge in [-0.2, -0.15) is 4.98 Å². The summed E-state index contributed by atoms with van der Waals surface area (Å²) in [4.78, 5) is 12.4. The molecule has 2 aromatic heterocycles. The Morgan fingerprint density at radius 2 is 1.80 bits per heavy atom. The Morgan fingerprint density at radius 1 is 1.10 bits per heavy atom. The smallest absolute Gasteiger partial charge is 0.225 e. The van der Waals surface area contributed by atoms with Crippen LogP contribution in [0.2, 0.25) is 10.4 Å². The Bertz CT molecular complexity index is 783. The van der Waals surface area contributed by atoms with Crippen molar-refractivity contribution >= 4 is 34.4 Å². The van der Waals surface area contributed by atoms with E-state index < -0.39 is 0 Å². The molecule has 20 heavy (non-hydrogen) atoms. The lowest BCUT2D eigenvalue weighted by molar-refractivity contribution is 0.626. The van der Waals surface area contributed by atoms with Gasteiger partial charge in [-0.3, -0.25) is 0 Å². The van der Waals surface area contributed by atoms with E-state index in [2.05, 4.69) is 15.0 Å². The van der Waals surface area contributed by atoms with Gasteiger partial charge in [-0.25, -0.2) is 14.4 Å². The van der Waals surface area contributed by atoms with E-state index in [1.807, 2.05) is 11.5 Å². The molecule has 0 fully saturated rings. The average molecular weight is 311 g/mol. The van der Waals surface area contributed by atoms with Crippen LogP contribution in [0.4, 0.5) is 4.39 Å². The van der Waals surface area contributed by atoms with E-state index in [0.29, 0.717) is 17.7 Å². The summed E-state index contributed by atoms with van der Waals surface area (Å²) >= 11 is 11.8. The van der Waals surface area contributed by atoms with E-state index >= 15 is 0 Å². The molecule has 0 aliphatic heterocycles. The van der Waals surface area contributed by atoms with Crippen LogP contribution in [0.5, 0.6) is 0 Å². The fraction of sp³-hybridized carbons (Fsp3) is 0.154.